The maximum Gasteiger partial charge on any atom is 0.257 e. The van der Waals surface area contributed by atoms with E-state index >= 15 is 0 Å². The second-order valence-corrected chi connectivity index (χ2v) is 11.3. The molecule has 0 radical (unpaired) electrons. The normalized spacial score (nSPS) is 14.7. The minimum Gasteiger partial charge on any atom is -0.334 e. The lowest BCUT2D eigenvalue weighted by Crippen LogP contribution is -2.27. The molecule has 1 aromatic heterocycles. The molecule has 1 aliphatic rings. The number of carbonyl (C=O) groups is 1. The van der Waals surface area contributed by atoms with Gasteiger partial charge in [0.15, 0.2) is 5.82 Å². The lowest BCUT2D eigenvalue weighted by Gasteiger charge is -2.25. The van der Waals surface area contributed by atoms with Gasteiger partial charge in [-0.25, -0.2) is 0 Å². The molecule has 1 saturated carbocycles. The van der Waals surface area contributed by atoms with Crippen LogP contribution in [0.25, 0.3) is 11.5 Å². The van der Waals surface area contributed by atoms with Gasteiger partial charge in [0.2, 0.25) is 5.91 Å². The SMILES string of the molecule is CC(C)(C)c1cc(-c2nc(Cc3ccc(NC(=O)C4CCC4)cc3)no2)cc(C(C)(C)C)c1. The first-order valence-electron chi connectivity index (χ1n) is 11.9. The first-order valence-corrected chi connectivity index (χ1v) is 11.9. The van der Waals surface area contributed by atoms with Crippen molar-refractivity contribution in [3.8, 4) is 11.5 Å². The number of hydrogen-bond acceptors (Lipinski definition) is 4. The molecule has 1 N–H and O–H groups in total. The van der Waals surface area contributed by atoms with Gasteiger partial charge >= 0.3 is 0 Å². The maximum absolute atomic E-state index is 12.1. The van der Waals surface area contributed by atoms with Gasteiger partial charge in [-0.1, -0.05) is 71.3 Å². The van der Waals surface area contributed by atoms with Gasteiger partial charge in [-0.2, -0.15) is 4.98 Å². The zero-order chi connectivity index (χ0) is 23.8. The summed E-state index contributed by atoms with van der Waals surface area (Å²) < 4.78 is 5.66. The van der Waals surface area contributed by atoms with Crippen LogP contribution in [0.1, 0.15) is 83.3 Å². The lowest BCUT2D eigenvalue weighted by molar-refractivity contribution is -0.122. The van der Waals surface area contributed by atoms with Crippen molar-refractivity contribution in [2.24, 2.45) is 5.92 Å². The Balaban J connectivity index is 1.50. The van der Waals surface area contributed by atoms with Crippen LogP contribution in [0.15, 0.2) is 47.0 Å². The van der Waals surface area contributed by atoms with Crippen LogP contribution >= 0.6 is 0 Å². The molecule has 5 heteroatoms. The molecule has 2 aromatic carbocycles. The number of carbonyl (C=O) groups excluding carboxylic acids is 1. The van der Waals surface area contributed by atoms with E-state index in [9.17, 15) is 4.79 Å². The van der Waals surface area contributed by atoms with Crippen molar-refractivity contribution in [3.05, 3.63) is 65.0 Å². The Morgan fingerprint density at radius 2 is 1.58 bits per heavy atom. The van der Waals surface area contributed by atoms with Crippen molar-refractivity contribution in [2.45, 2.75) is 78.1 Å². The first kappa shape index (κ1) is 23.2. The van der Waals surface area contributed by atoms with Crippen molar-refractivity contribution < 1.29 is 9.32 Å². The summed E-state index contributed by atoms with van der Waals surface area (Å²) in [6.45, 7) is 13.3. The Labute approximate surface area is 197 Å². The number of benzene rings is 2. The second-order valence-electron chi connectivity index (χ2n) is 11.3. The first-order chi connectivity index (χ1) is 15.5. The Hall–Kier alpha value is -2.95. The van der Waals surface area contributed by atoms with Gasteiger partial charge in [0.25, 0.3) is 5.89 Å². The molecule has 1 heterocycles. The summed E-state index contributed by atoms with van der Waals surface area (Å²) in [5, 5.41) is 7.23. The van der Waals surface area contributed by atoms with Crippen LogP contribution in [0.3, 0.4) is 0 Å². The number of anilines is 1. The third-order valence-electron chi connectivity index (χ3n) is 6.44. The van der Waals surface area contributed by atoms with E-state index in [0.717, 1.165) is 36.1 Å². The summed E-state index contributed by atoms with van der Waals surface area (Å²) in [7, 11) is 0. The van der Waals surface area contributed by atoms with Crippen molar-refractivity contribution in [1.82, 2.24) is 10.1 Å². The highest BCUT2D eigenvalue weighted by Gasteiger charge is 2.25. The summed E-state index contributed by atoms with van der Waals surface area (Å²) in [5.41, 5.74) is 5.41. The number of hydrogen-bond donors (Lipinski definition) is 1. The molecule has 5 nitrogen and oxygen atoms in total. The van der Waals surface area contributed by atoms with E-state index in [1.807, 2.05) is 24.3 Å². The number of aromatic nitrogens is 2. The van der Waals surface area contributed by atoms with Gasteiger partial charge in [-0.15, -0.1) is 0 Å². The third-order valence-corrected chi connectivity index (χ3v) is 6.44. The van der Waals surface area contributed by atoms with Crippen LogP contribution in [0.5, 0.6) is 0 Å². The predicted octanol–water partition coefficient (Wildman–Crippen LogP) is 6.66. The molecule has 0 saturated heterocycles. The standard InChI is InChI=1S/C28H35N3O2/c1-27(2,3)21-15-20(16-22(17-21)28(4,5)6)26-30-24(31-33-26)14-18-10-12-23(13-11-18)29-25(32)19-8-7-9-19/h10-13,15-17,19H,7-9,14H2,1-6H3,(H,29,32). The van der Waals surface area contributed by atoms with E-state index < -0.39 is 0 Å². The molecule has 4 rings (SSSR count). The molecular formula is C28H35N3O2. The largest absolute Gasteiger partial charge is 0.334 e. The van der Waals surface area contributed by atoms with Crippen LogP contribution in [0.2, 0.25) is 0 Å². The van der Waals surface area contributed by atoms with Crippen LogP contribution in [-0.4, -0.2) is 16.0 Å². The summed E-state index contributed by atoms with van der Waals surface area (Å²) >= 11 is 0. The fraction of sp³-hybridized carbons (Fsp3) is 0.464. The fourth-order valence-electron chi connectivity index (χ4n) is 3.86. The summed E-state index contributed by atoms with van der Waals surface area (Å²) in [6, 6.07) is 14.5. The third kappa shape index (κ3) is 5.52. The second kappa shape index (κ2) is 8.77. The van der Waals surface area contributed by atoms with E-state index in [-0.39, 0.29) is 22.7 Å². The Morgan fingerprint density at radius 3 is 2.09 bits per heavy atom. The van der Waals surface area contributed by atoms with Crippen molar-refractivity contribution in [2.75, 3.05) is 5.32 Å². The number of nitrogens with one attached hydrogen (secondary N) is 1. The van der Waals surface area contributed by atoms with Crippen LogP contribution in [-0.2, 0) is 22.0 Å². The molecule has 0 atom stereocenters. The minimum atomic E-state index is 0.0225. The van der Waals surface area contributed by atoms with Gasteiger partial charge in [-0.05, 0) is 64.6 Å². The highest BCUT2D eigenvalue weighted by atomic mass is 16.5. The number of nitrogens with zero attached hydrogens (tertiary/aromatic N) is 2. The van der Waals surface area contributed by atoms with E-state index in [2.05, 4.69) is 75.2 Å². The van der Waals surface area contributed by atoms with Crippen LogP contribution < -0.4 is 5.32 Å². The van der Waals surface area contributed by atoms with E-state index in [1.165, 1.54) is 11.1 Å². The summed E-state index contributed by atoms with van der Waals surface area (Å²) in [6.07, 6.45) is 3.73. The van der Waals surface area contributed by atoms with Crippen molar-refractivity contribution >= 4 is 11.6 Å². The molecular weight excluding hydrogens is 410 g/mol. The quantitative estimate of drug-likeness (QED) is 0.477. The highest BCUT2D eigenvalue weighted by Crippen LogP contribution is 2.33. The topological polar surface area (TPSA) is 68.0 Å². The van der Waals surface area contributed by atoms with Gasteiger partial charge in [0.05, 0.1) is 0 Å². The van der Waals surface area contributed by atoms with E-state index in [4.69, 9.17) is 4.52 Å². The average molecular weight is 446 g/mol. The van der Waals surface area contributed by atoms with Gasteiger partial charge in [0, 0.05) is 23.6 Å². The van der Waals surface area contributed by atoms with Gasteiger partial charge < -0.3 is 9.84 Å². The van der Waals surface area contributed by atoms with Crippen molar-refractivity contribution in [3.63, 3.8) is 0 Å². The molecule has 1 aliphatic carbocycles. The molecule has 0 unspecified atom stereocenters. The number of amides is 1. The fourth-order valence-corrected chi connectivity index (χ4v) is 3.86. The van der Waals surface area contributed by atoms with E-state index in [0.29, 0.717) is 18.1 Å². The van der Waals surface area contributed by atoms with Crippen molar-refractivity contribution in [1.29, 1.82) is 0 Å². The summed E-state index contributed by atoms with van der Waals surface area (Å²) in [4.78, 5) is 16.8. The monoisotopic (exact) mass is 445 g/mol. The molecule has 1 amide bonds. The average Bonchev–Trinajstić information content (AvgIpc) is 3.15. The Bertz CT molecular complexity index is 1090. The van der Waals surface area contributed by atoms with Crippen LogP contribution in [0.4, 0.5) is 5.69 Å². The van der Waals surface area contributed by atoms with Gasteiger partial charge in [0.1, 0.15) is 0 Å². The van der Waals surface area contributed by atoms with Gasteiger partial charge in [-0.3, -0.25) is 4.79 Å². The smallest absolute Gasteiger partial charge is 0.257 e. The number of rotatable bonds is 5. The minimum absolute atomic E-state index is 0.0225. The zero-order valence-electron chi connectivity index (χ0n) is 20.7. The predicted molar refractivity (Wildman–Crippen MR) is 132 cm³/mol. The molecule has 1 fully saturated rings. The molecule has 3 aromatic rings. The zero-order valence-corrected chi connectivity index (χ0v) is 20.7. The molecule has 174 valence electrons. The van der Waals surface area contributed by atoms with E-state index in [1.54, 1.807) is 0 Å². The molecule has 0 aliphatic heterocycles. The summed E-state index contributed by atoms with van der Waals surface area (Å²) in [5.74, 6) is 1.50. The molecule has 0 bridgehead atoms. The highest BCUT2D eigenvalue weighted by molar-refractivity contribution is 5.93. The maximum atomic E-state index is 12.1. The lowest BCUT2D eigenvalue weighted by atomic mass is 9.79. The Morgan fingerprint density at radius 1 is 0.970 bits per heavy atom. The molecule has 33 heavy (non-hydrogen) atoms. The van der Waals surface area contributed by atoms with Crippen LogP contribution in [0, 0.1) is 5.92 Å². The molecule has 0 spiro atoms. The Kier molecular flexibility index (Phi) is 6.17.